The van der Waals surface area contributed by atoms with E-state index < -0.39 is 0 Å². The van der Waals surface area contributed by atoms with E-state index in [9.17, 15) is 4.79 Å². The van der Waals surface area contributed by atoms with E-state index in [0.717, 1.165) is 59.8 Å². The lowest BCUT2D eigenvalue weighted by molar-refractivity contribution is 0.0954. The van der Waals surface area contributed by atoms with Crippen LogP contribution in [0.2, 0.25) is 0 Å². The Balaban J connectivity index is 1.75. The molecule has 0 spiro atoms. The van der Waals surface area contributed by atoms with Crippen LogP contribution in [0.1, 0.15) is 70.0 Å². The van der Waals surface area contributed by atoms with Crippen molar-refractivity contribution >= 4 is 29.4 Å². The first-order valence-electron chi connectivity index (χ1n) is 8.50. The summed E-state index contributed by atoms with van der Waals surface area (Å²) < 4.78 is 5.32. The van der Waals surface area contributed by atoms with Crippen LogP contribution in [0.5, 0.6) is 0 Å². The number of carbonyl (C=O) groups excluding carboxylic acids is 1. The van der Waals surface area contributed by atoms with E-state index in [2.05, 4.69) is 22.4 Å². The summed E-state index contributed by atoms with van der Waals surface area (Å²) in [5, 5.41) is 8.00. The Bertz CT molecular complexity index is 756. The second-order valence-corrected chi connectivity index (χ2v) is 7.28. The molecule has 0 bridgehead atoms. The summed E-state index contributed by atoms with van der Waals surface area (Å²) in [6.45, 7) is 5.96. The number of nitrogens with one attached hydrogen (secondary N) is 1. The molecule has 0 saturated heterocycles. The lowest BCUT2D eigenvalue weighted by Crippen LogP contribution is -2.25. The van der Waals surface area contributed by atoms with Gasteiger partial charge in [0.05, 0.1) is 11.4 Å². The standard InChI is InChI=1S/C18H23N3O2S/c1-4-5-6-15-14(12(3)23-21-15)9-10-16-19-11(2)17(24-16)18(22)20-13-7-8-13/h9-10,13H,4-8H2,1-3H3,(H,20,22). The van der Waals surface area contributed by atoms with Gasteiger partial charge in [0.15, 0.2) is 0 Å². The van der Waals surface area contributed by atoms with Crippen LogP contribution < -0.4 is 5.32 Å². The number of rotatable bonds is 7. The molecule has 128 valence electrons. The van der Waals surface area contributed by atoms with Crippen LogP contribution in [-0.2, 0) is 6.42 Å². The maximum Gasteiger partial charge on any atom is 0.263 e. The number of hydrogen-bond acceptors (Lipinski definition) is 5. The molecule has 1 aliphatic carbocycles. The van der Waals surface area contributed by atoms with Crippen molar-refractivity contribution in [3.63, 3.8) is 0 Å². The van der Waals surface area contributed by atoms with Gasteiger partial charge in [-0.2, -0.15) is 0 Å². The largest absolute Gasteiger partial charge is 0.361 e. The molecule has 0 unspecified atom stereocenters. The highest BCUT2D eigenvalue weighted by molar-refractivity contribution is 7.14. The average Bonchev–Trinajstić information content (AvgIpc) is 3.18. The molecule has 24 heavy (non-hydrogen) atoms. The number of aromatic nitrogens is 2. The number of carbonyl (C=O) groups is 1. The molecule has 1 N–H and O–H groups in total. The summed E-state index contributed by atoms with van der Waals surface area (Å²) in [6.07, 6.45) is 9.25. The smallest absolute Gasteiger partial charge is 0.263 e. The number of unbranched alkanes of at least 4 members (excludes halogenated alkanes) is 1. The van der Waals surface area contributed by atoms with E-state index in [1.165, 1.54) is 11.3 Å². The highest BCUT2D eigenvalue weighted by atomic mass is 32.1. The van der Waals surface area contributed by atoms with Crippen molar-refractivity contribution in [1.29, 1.82) is 0 Å². The van der Waals surface area contributed by atoms with E-state index in [1.54, 1.807) is 0 Å². The summed E-state index contributed by atoms with van der Waals surface area (Å²) in [5.41, 5.74) is 2.80. The predicted octanol–water partition coefficient (Wildman–Crippen LogP) is 4.15. The normalized spacial score (nSPS) is 14.5. The Morgan fingerprint density at radius 2 is 2.17 bits per heavy atom. The van der Waals surface area contributed by atoms with Crippen LogP contribution in [0.25, 0.3) is 12.2 Å². The SMILES string of the molecule is CCCCc1noc(C)c1C=Cc1nc(C)c(C(=O)NC2CC2)s1. The molecule has 3 rings (SSSR count). The molecule has 1 fully saturated rings. The first-order valence-corrected chi connectivity index (χ1v) is 9.31. The lowest BCUT2D eigenvalue weighted by atomic mass is 10.1. The Kier molecular flexibility index (Phi) is 5.14. The molecule has 1 aliphatic rings. The minimum Gasteiger partial charge on any atom is -0.361 e. The lowest BCUT2D eigenvalue weighted by Gasteiger charge is -1.99. The Labute approximate surface area is 146 Å². The molecule has 1 amide bonds. The zero-order chi connectivity index (χ0) is 17.1. The van der Waals surface area contributed by atoms with Crippen molar-refractivity contribution in [2.75, 3.05) is 0 Å². The van der Waals surface area contributed by atoms with Gasteiger partial charge in [-0.15, -0.1) is 11.3 Å². The van der Waals surface area contributed by atoms with Crippen molar-refractivity contribution < 1.29 is 9.32 Å². The van der Waals surface area contributed by atoms with Crippen molar-refractivity contribution in [2.45, 2.75) is 58.9 Å². The Morgan fingerprint density at radius 3 is 2.88 bits per heavy atom. The topological polar surface area (TPSA) is 68.0 Å². The Morgan fingerprint density at radius 1 is 1.38 bits per heavy atom. The first-order chi connectivity index (χ1) is 11.6. The van der Waals surface area contributed by atoms with E-state index >= 15 is 0 Å². The number of hydrogen-bond donors (Lipinski definition) is 1. The summed E-state index contributed by atoms with van der Waals surface area (Å²) in [5.74, 6) is 0.814. The fraction of sp³-hybridized carbons (Fsp3) is 0.500. The minimum absolute atomic E-state index is 0.00283. The molecule has 6 heteroatoms. The monoisotopic (exact) mass is 345 g/mol. The number of aryl methyl sites for hydroxylation is 3. The van der Waals surface area contributed by atoms with Gasteiger partial charge in [0.25, 0.3) is 5.91 Å². The molecular weight excluding hydrogens is 322 g/mol. The minimum atomic E-state index is -0.00283. The van der Waals surface area contributed by atoms with Crippen molar-refractivity contribution in [2.24, 2.45) is 0 Å². The van der Waals surface area contributed by atoms with Crippen LogP contribution in [0.15, 0.2) is 4.52 Å². The molecule has 2 heterocycles. The van der Waals surface area contributed by atoms with Gasteiger partial charge < -0.3 is 9.84 Å². The molecule has 0 aromatic carbocycles. The molecule has 1 saturated carbocycles. The molecule has 2 aromatic heterocycles. The molecule has 0 radical (unpaired) electrons. The number of nitrogens with zero attached hydrogens (tertiary/aromatic N) is 2. The summed E-state index contributed by atoms with van der Waals surface area (Å²) in [6, 6.07) is 0.360. The van der Waals surface area contributed by atoms with Crippen molar-refractivity contribution in [3.05, 3.63) is 32.6 Å². The van der Waals surface area contributed by atoms with E-state index in [4.69, 9.17) is 4.52 Å². The zero-order valence-corrected chi connectivity index (χ0v) is 15.2. The maximum absolute atomic E-state index is 12.2. The second kappa shape index (κ2) is 7.30. The van der Waals surface area contributed by atoms with E-state index in [0.29, 0.717) is 10.9 Å². The average molecular weight is 345 g/mol. The van der Waals surface area contributed by atoms with Gasteiger partial charge >= 0.3 is 0 Å². The van der Waals surface area contributed by atoms with Gasteiger partial charge in [0.2, 0.25) is 0 Å². The summed E-state index contributed by atoms with van der Waals surface area (Å²) in [4.78, 5) is 17.4. The van der Waals surface area contributed by atoms with Gasteiger partial charge in [-0.05, 0) is 51.7 Å². The van der Waals surface area contributed by atoms with Gasteiger partial charge in [0.1, 0.15) is 15.6 Å². The molecule has 0 atom stereocenters. The second-order valence-electron chi connectivity index (χ2n) is 6.25. The van der Waals surface area contributed by atoms with Crippen LogP contribution in [-0.4, -0.2) is 22.1 Å². The van der Waals surface area contributed by atoms with E-state index in [-0.39, 0.29) is 5.91 Å². The summed E-state index contributed by atoms with van der Waals surface area (Å²) >= 11 is 1.43. The molecule has 2 aromatic rings. The molecule has 5 nitrogen and oxygen atoms in total. The predicted molar refractivity (Wildman–Crippen MR) is 96.1 cm³/mol. The zero-order valence-electron chi connectivity index (χ0n) is 14.4. The number of thiazole rings is 1. The first kappa shape index (κ1) is 16.9. The maximum atomic E-state index is 12.2. The third kappa shape index (κ3) is 3.93. The number of amides is 1. The third-order valence-corrected chi connectivity index (χ3v) is 5.20. The fourth-order valence-corrected chi connectivity index (χ4v) is 3.37. The summed E-state index contributed by atoms with van der Waals surface area (Å²) in [7, 11) is 0. The van der Waals surface area contributed by atoms with Crippen LogP contribution in [0.4, 0.5) is 0 Å². The van der Waals surface area contributed by atoms with Gasteiger partial charge in [-0.25, -0.2) is 4.98 Å². The van der Waals surface area contributed by atoms with Crippen LogP contribution >= 0.6 is 11.3 Å². The third-order valence-electron chi connectivity index (χ3n) is 4.07. The van der Waals surface area contributed by atoms with Gasteiger partial charge in [-0.3, -0.25) is 4.79 Å². The highest BCUT2D eigenvalue weighted by Crippen LogP contribution is 2.25. The van der Waals surface area contributed by atoms with Crippen LogP contribution in [0, 0.1) is 13.8 Å². The van der Waals surface area contributed by atoms with Gasteiger partial charge in [0, 0.05) is 11.6 Å². The van der Waals surface area contributed by atoms with Crippen molar-refractivity contribution in [3.8, 4) is 0 Å². The quantitative estimate of drug-likeness (QED) is 0.818. The molecule has 0 aliphatic heterocycles. The fourth-order valence-electron chi connectivity index (χ4n) is 2.50. The molecular formula is C18H23N3O2S. The van der Waals surface area contributed by atoms with Crippen LogP contribution in [0.3, 0.4) is 0 Å². The van der Waals surface area contributed by atoms with Crippen molar-refractivity contribution in [1.82, 2.24) is 15.5 Å². The highest BCUT2D eigenvalue weighted by Gasteiger charge is 2.25. The van der Waals surface area contributed by atoms with Gasteiger partial charge in [-0.1, -0.05) is 18.5 Å². The Hall–Kier alpha value is -1.95. The van der Waals surface area contributed by atoms with E-state index in [1.807, 2.05) is 26.0 Å².